The molecule has 39 heavy (non-hydrogen) atoms. The van der Waals surface area contributed by atoms with Gasteiger partial charge in [0.1, 0.15) is 29.0 Å². The molecule has 3 aromatic rings. The zero-order valence-corrected chi connectivity index (χ0v) is 21.3. The topological polar surface area (TPSA) is 132 Å². The Morgan fingerprint density at radius 1 is 1.33 bits per heavy atom. The van der Waals surface area contributed by atoms with Crippen molar-refractivity contribution in [1.82, 2.24) is 15.0 Å². The van der Waals surface area contributed by atoms with E-state index in [2.05, 4.69) is 20.3 Å². The van der Waals surface area contributed by atoms with Crippen LogP contribution in [-0.2, 0) is 9.53 Å². The number of hydrogen-bond acceptors (Lipinski definition) is 7. The van der Waals surface area contributed by atoms with Crippen LogP contribution in [0.5, 0.6) is 5.75 Å². The fourth-order valence-electron chi connectivity index (χ4n) is 4.87. The van der Waals surface area contributed by atoms with Crippen molar-refractivity contribution >= 4 is 29.0 Å². The fourth-order valence-corrected chi connectivity index (χ4v) is 4.87. The highest BCUT2D eigenvalue weighted by Gasteiger charge is 2.65. The third-order valence-electron chi connectivity index (χ3n) is 6.98. The third kappa shape index (κ3) is 4.93. The predicted molar refractivity (Wildman–Crippen MR) is 129 cm³/mol. The number of benzene rings is 1. The molecule has 14 heteroatoms. The molecule has 210 valence electrons. The Kier molecular flexibility index (Phi) is 7.38. The summed E-state index contributed by atoms with van der Waals surface area (Å²) in [5.41, 5.74) is 2.85. The second kappa shape index (κ2) is 10.2. The molecule has 1 aliphatic rings. The number of aromatic nitrogens is 3. The maximum atomic E-state index is 14.6. The van der Waals surface area contributed by atoms with Gasteiger partial charge in [-0.3, -0.25) is 9.59 Å². The molecule has 4 N–H and O–H groups in total. The molecule has 1 aliphatic heterocycles. The molecule has 1 aromatic carbocycles. The zero-order chi connectivity index (χ0) is 28.9. The number of nitrogens with zero attached hydrogens (tertiary/aromatic N) is 2. The lowest BCUT2D eigenvalue weighted by molar-refractivity contribution is -0.275. The first kappa shape index (κ1) is 28.4. The number of hydrogen-bond donors (Lipinski definition) is 3. The standard InChI is InChI=1S/C25H26F5N5O4/c1-10(31)7-17(37)34-16-8-14-20(15(9-36)32-16)35-23(33-14)22-18(11(2)24(3,39-22)25(28,29)30)12-5-6-13(26)19(27)21(12)38-4/h5-6,8-11,18,22H,7,31H2,1-4H3,(H,33,35)(H,32,34,37)/t10?,11?,18?,22-,24-/m1/s1. The van der Waals surface area contributed by atoms with Crippen LogP contribution in [-0.4, -0.2) is 52.1 Å². The number of halogens is 5. The normalized spacial score (nSPS) is 24.1. The van der Waals surface area contributed by atoms with E-state index >= 15 is 0 Å². The Labute approximate surface area is 219 Å². The number of ether oxygens (including phenoxy) is 2. The van der Waals surface area contributed by atoms with Gasteiger partial charge in [-0.05, 0) is 19.9 Å². The SMILES string of the molecule is COc1c(C2C(C)[C@](C)(C(F)(F)F)O[C@H]2c2nc3c(C=O)nc(NC(=O)CC(C)N)cc3[nH]2)ccc(F)c1F. The van der Waals surface area contributed by atoms with E-state index in [4.69, 9.17) is 15.2 Å². The number of rotatable bonds is 7. The third-order valence-corrected chi connectivity index (χ3v) is 6.98. The van der Waals surface area contributed by atoms with Gasteiger partial charge in [0.05, 0.1) is 12.6 Å². The van der Waals surface area contributed by atoms with E-state index in [1.54, 1.807) is 6.92 Å². The van der Waals surface area contributed by atoms with Crippen LogP contribution in [0.25, 0.3) is 11.0 Å². The molecule has 0 spiro atoms. The second-order valence-electron chi connectivity index (χ2n) is 9.70. The van der Waals surface area contributed by atoms with E-state index < -0.39 is 59.1 Å². The van der Waals surface area contributed by atoms with Crippen molar-refractivity contribution in [3.05, 3.63) is 46.9 Å². The van der Waals surface area contributed by atoms with Gasteiger partial charge in [0, 0.05) is 35.9 Å². The van der Waals surface area contributed by atoms with E-state index in [1.807, 2.05) is 0 Å². The van der Waals surface area contributed by atoms with Crippen molar-refractivity contribution in [2.24, 2.45) is 11.7 Å². The largest absolute Gasteiger partial charge is 0.493 e. The van der Waals surface area contributed by atoms with Gasteiger partial charge >= 0.3 is 6.18 Å². The summed E-state index contributed by atoms with van der Waals surface area (Å²) in [5.74, 6) is -6.26. The zero-order valence-electron chi connectivity index (χ0n) is 21.3. The van der Waals surface area contributed by atoms with Gasteiger partial charge in [-0.25, -0.2) is 14.4 Å². The molecule has 0 bridgehead atoms. The van der Waals surface area contributed by atoms with Crippen molar-refractivity contribution in [3.63, 3.8) is 0 Å². The maximum absolute atomic E-state index is 14.6. The number of anilines is 1. The minimum absolute atomic E-state index is 0.00915. The molecular weight excluding hydrogens is 529 g/mol. The van der Waals surface area contributed by atoms with E-state index in [0.717, 1.165) is 26.2 Å². The molecule has 0 radical (unpaired) electrons. The summed E-state index contributed by atoms with van der Waals surface area (Å²) in [5, 5.41) is 2.51. The van der Waals surface area contributed by atoms with Gasteiger partial charge in [-0.15, -0.1) is 0 Å². The summed E-state index contributed by atoms with van der Waals surface area (Å²) >= 11 is 0. The summed E-state index contributed by atoms with van der Waals surface area (Å²) < 4.78 is 82.0. The van der Waals surface area contributed by atoms with Gasteiger partial charge in [0.15, 0.2) is 23.5 Å². The molecule has 9 nitrogen and oxygen atoms in total. The molecule has 4 rings (SSSR count). The molecule has 0 saturated carbocycles. The molecule has 5 atom stereocenters. The molecule has 1 amide bonds. The fraction of sp³-hybridized carbons (Fsp3) is 0.440. The van der Waals surface area contributed by atoms with Crippen molar-refractivity contribution in [2.45, 2.75) is 57.0 Å². The molecule has 2 aromatic heterocycles. The second-order valence-corrected chi connectivity index (χ2v) is 9.70. The Morgan fingerprint density at radius 3 is 2.62 bits per heavy atom. The minimum atomic E-state index is -4.84. The quantitative estimate of drug-likeness (QED) is 0.288. The van der Waals surface area contributed by atoms with Crippen molar-refractivity contribution in [2.75, 3.05) is 12.4 Å². The van der Waals surface area contributed by atoms with Crippen LogP contribution < -0.4 is 15.8 Å². The number of imidazole rings is 1. The number of H-pyrrole nitrogens is 1. The average Bonchev–Trinajstić information content (AvgIpc) is 3.39. The monoisotopic (exact) mass is 555 g/mol. The summed E-state index contributed by atoms with van der Waals surface area (Å²) in [6.45, 7) is 3.78. The van der Waals surface area contributed by atoms with Gasteiger partial charge in [-0.2, -0.15) is 17.6 Å². The van der Waals surface area contributed by atoms with Gasteiger partial charge in [0.25, 0.3) is 0 Å². The first-order valence-electron chi connectivity index (χ1n) is 11.9. The van der Waals surface area contributed by atoms with Crippen molar-refractivity contribution < 1.29 is 41.0 Å². The number of alkyl halides is 3. The molecule has 0 aliphatic carbocycles. The van der Waals surface area contributed by atoms with E-state index in [-0.39, 0.29) is 40.4 Å². The average molecular weight is 556 g/mol. The number of carbonyl (C=O) groups is 2. The van der Waals surface area contributed by atoms with Crippen LogP contribution in [0.1, 0.15) is 61.1 Å². The number of fused-ring (bicyclic) bond motifs is 1. The Hall–Kier alpha value is -3.65. The lowest BCUT2D eigenvalue weighted by Gasteiger charge is -2.32. The van der Waals surface area contributed by atoms with Gasteiger partial charge in [-0.1, -0.05) is 13.0 Å². The molecule has 1 fully saturated rings. The number of methoxy groups -OCH3 is 1. The smallest absolute Gasteiger partial charge is 0.417 e. The first-order chi connectivity index (χ1) is 18.2. The van der Waals surface area contributed by atoms with Crippen LogP contribution in [0, 0.1) is 17.6 Å². The van der Waals surface area contributed by atoms with Crippen LogP contribution in [0.3, 0.4) is 0 Å². The summed E-state index contributed by atoms with van der Waals surface area (Å²) in [7, 11) is 1.07. The van der Waals surface area contributed by atoms with Gasteiger partial charge < -0.3 is 25.5 Å². The number of nitrogens with two attached hydrogens (primary N) is 1. The van der Waals surface area contributed by atoms with E-state index in [1.165, 1.54) is 13.0 Å². The molecule has 3 unspecified atom stereocenters. The molecule has 3 heterocycles. The number of carbonyl (C=O) groups excluding carboxylic acids is 2. The summed E-state index contributed by atoms with van der Waals surface area (Å²) in [4.78, 5) is 35.1. The van der Waals surface area contributed by atoms with Gasteiger partial charge in [0.2, 0.25) is 11.7 Å². The van der Waals surface area contributed by atoms with E-state index in [0.29, 0.717) is 6.29 Å². The highest BCUT2D eigenvalue weighted by atomic mass is 19.4. The Balaban J connectivity index is 1.86. The maximum Gasteiger partial charge on any atom is 0.417 e. The number of amides is 1. The summed E-state index contributed by atoms with van der Waals surface area (Å²) in [6.07, 6.45) is -5.94. The number of nitrogens with one attached hydrogen (secondary N) is 2. The van der Waals surface area contributed by atoms with Crippen molar-refractivity contribution in [1.29, 1.82) is 0 Å². The lowest BCUT2D eigenvalue weighted by atomic mass is 9.77. The lowest BCUT2D eigenvalue weighted by Crippen LogP contribution is -2.46. The van der Waals surface area contributed by atoms with Crippen LogP contribution >= 0.6 is 0 Å². The molecular formula is C25H26F5N5O4. The highest BCUT2D eigenvalue weighted by Crippen LogP contribution is 2.59. The van der Waals surface area contributed by atoms with Crippen LogP contribution in [0.4, 0.5) is 27.8 Å². The number of aldehydes is 1. The number of pyridine rings is 1. The Morgan fingerprint density at radius 2 is 2.03 bits per heavy atom. The highest BCUT2D eigenvalue weighted by molar-refractivity contribution is 5.97. The Bertz CT molecular complexity index is 1430. The predicted octanol–water partition coefficient (Wildman–Crippen LogP) is 4.55. The first-order valence-corrected chi connectivity index (χ1v) is 11.9. The minimum Gasteiger partial charge on any atom is -0.493 e. The van der Waals surface area contributed by atoms with E-state index in [9.17, 15) is 31.5 Å². The molecule has 1 saturated heterocycles. The summed E-state index contributed by atoms with van der Waals surface area (Å²) in [6, 6.07) is 2.86. The van der Waals surface area contributed by atoms with Crippen LogP contribution in [0.2, 0.25) is 0 Å². The number of aromatic amines is 1. The van der Waals surface area contributed by atoms with Crippen molar-refractivity contribution in [3.8, 4) is 5.75 Å². The van der Waals surface area contributed by atoms with Crippen LogP contribution in [0.15, 0.2) is 18.2 Å².